The van der Waals surface area contributed by atoms with Gasteiger partial charge in [-0.15, -0.1) is 0 Å². The number of carbonyl (C=O) groups is 6. The second-order valence-electron chi connectivity index (χ2n) is 14.8. The Labute approximate surface area is 308 Å². The van der Waals surface area contributed by atoms with Crippen molar-refractivity contribution < 1.29 is 57.2 Å². The van der Waals surface area contributed by atoms with Crippen molar-refractivity contribution in [1.82, 2.24) is 0 Å². The molecule has 0 amide bonds. The first kappa shape index (κ1) is 43.9. The normalized spacial score (nSPS) is 19.9. The summed E-state index contributed by atoms with van der Waals surface area (Å²) in [6.07, 6.45) is 4.84. The number of fused-ring (bicyclic) bond motifs is 1. The molecule has 0 spiro atoms. The van der Waals surface area contributed by atoms with E-state index in [1.54, 1.807) is 0 Å². The molecular weight excluding hydrogens is 672 g/mol. The fourth-order valence-corrected chi connectivity index (χ4v) is 6.45. The summed E-state index contributed by atoms with van der Waals surface area (Å²) < 4.78 is 33.6. The number of rotatable bonds is 20. The molecule has 0 saturated heterocycles. The molecule has 290 valence electrons. The Bertz CT molecular complexity index is 1230. The molecule has 2 aliphatic rings. The van der Waals surface area contributed by atoms with Crippen LogP contribution in [0.1, 0.15) is 92.9 Å². The van der Waals surface area contributed by atoms with Crippen molar-refractivity contribution in [2.45, 2.75) is 92.9 Å². The Balaban J connectivity index is 2.19. The Morgan fingerprint density at radius 1 is 0.462 bits per heavy atom. The van der Waals surface area contributed by atoms with Crippen molar-refractivity contribution in [2.75, 3.05) is 39.6 Å². The predicted octanol–water partition coefficient (Wildman–Crippen LogP) is 6.18. The van der Waals surface area contributed by atoms with E-state index in [9.17, 15) is 28.8 Å². The summed E-state index contributed by atoms with van der Waals surface area (Å²) in [5.41, 5.74) is -1.17. The third-order valence-corrected chi connectivity index (χ3v) is 10.3. The van der Waals surface area contributed by atoms with Crippen LogP contribution in [0.5, 0.6) is 0 Å². The van der Waals surface area contributed by atoms with E-state index in [1.165, 1.54) is 27.7 Å². The topological polar surface area (TPSA) is 158 Å². The Kier molecular flexibility index (Phi) is 17.0. The van der Waals surface area contributed by atoms with E-state index in [4.69, 9.17) is 28.4 Å². The second kappa shape index (κ2) is 20.1. The summed E-state index contributed by atoms with van der Waals surface area (Å²) >= 11 is 0. The zero-order chi connectivity index (χ0) is 39.2. The molecule has 4 unspecified atom stereocenters. The first-order valence-electron chi connectivity index (χ1n) is 18.0. The van der Waals surface area contributed by atoms with Crippen molar-refractivity contribution >= 4 is 35.8 Å². The average molecular weight is 731 g/mol. The summed E-state index contributed by atoms with van der Waals surface area (Å²) in [5, 5.41) is 0. The maximum atomic E-state index is 13.8. The first-order valence-corrected chi connectivity index (χ1v) is 18.0. The van der Waals surface area contributed by atoms with Gasteiger partial charge in [0.25, 0.3) is 0 Å². The lowest BCUT2D eigenvalue weighted by atomic mass is 9.61. The van der Waals surface area contributed by atoms with E-state index >= 15 is 0 Å². The van der Waals surface area contributed by atoms with Crippen molar-refractivity contribution in [2.24, 2.45) is 34.5 Å². The largest absolute Gasteiger partial charge is 0.465 e. The van der Waals surface area contributed by atoms with Gasteiger partial charge >= 0.3 is 35.8 Å². The van der Waals surface area contributed by atoms with Gasteiger partial charge in [-0.3, -0.25) is 9.59 Å². The van der Waals surface area contributed by atoms with Gasteiger partial charge in [0.2, 0.25) is 0 Å². The number of hydrogen-bond donors (Lipinski definition) is 0. The molecule has 2 aliphatic carbocycles. The van der Waals surface area contributed by atoms with Crippen LogP contribution in [0.2, 0.25) is 0 Å². The molecule has 2 saturated carbocycles. The van der Waals surface area contributed by atoms with Crippen LogP contribution in [0.3, 0.4) is 0 Å². The van der Waals surface area contributed by atoms with Crippen LogP contribution in [-0.4, -0.2) is 75.5 Å². The highest BCUT2D eigenvalue weighted by Gasteiger charge is 2.48. The third kappa shape index (κ3) is 12.5. The average Bonchev–Trinajstić information content (AvgIpc) is 3.12. The molecule has 0 aromatic heterocycles. The Hall–Kier alpha value is -4.22. The summed E-state index contributed by atoms with van der Waals surface area (Å²) in [6, 6.07) is 0. The molecule has 4 atom stereocenters. The van der Waals surface area contributed by atoms with Crippen LogP contribution in [0.25, 0.3) is 0 Å². The molecule has 0 bridgehead atoms. The minimum atomic E-state index is -0.998. The first-order chi connectivity index (χ1) is 24.4. The van der Waals surface area contributed by atoms with Gasteiger partial charge in [-0.25, -0.2) is 19.2 Å². The quantitative estimate of drug-likeness (QED) is 0.0798. The van der Waals surface area contributed by atoms with Gasteiger partial charge in [0.05, 0.1) is 22.7 Å². The number of carbonyl (C=O) groups excluding carboxylic acids is 6. The van der Waals surface area contributed by atoms with E-state index < -0.39 is 58.5 Å². The van der Waals surface area contributed by atoms with Gasteiger partial charge in [-0.1, -0.05) is 53.0 Å². The summed E-state index contributed by atoms with van der Waals surface area (Å²) in [6.45, 7) is 23.2. The van der Waals surface area contributed by atoms with Crippen molar-refractivity contribution in [1.29, 1.82) is 0 Å². The van der Waals surface area contributed by atoms with Crippen LogP contribution < -0.4 is 0 Å². The fourth-order valence-electron chi connectivity index (χ4n) is 6.45. The zero-order valence-corrected chi connectivity index (χ0v) is 31.9. The van der Waals surface area contributed by atoms with Gasteiger partial charge < -0.3 is 28.4 Å². The number of ether oxygens (including phenoxy) is 6. The van der Waals surface area contributed by atoms with Gasteiger partial charge in [-0.05, 0) is 78.1 Å². The Morgan fingerprint density at radius 3 is 0.942 bits per heavy atom. The maximum absolute atomic E-state index is 13.8. The number of hydrogen-bond acceptors (Lipinski definition) is 12. The molecule has 0 aromatic rings. The molecule has 0 aromatic carbocycles. The fraction of sp³-hybridized carbons (Fsp3) is 0.650. The highest BCUT2D eigenvalue weighted by Crippen LogP contribution is 2.48. The van der Waals surface area contributed by atoms with Gasteiger partial charge in [0.1, 0.15) is 39.6 Å². The molecular formula is C40H58O12. The van der Waals surface area contributed by atoms with Crippen molar-refractivity contribution in [3.05, 3.63) is 48.6 Å². The monoisotopic (exact) mass is 730 g/mol. The predicted molar refractivity (Wildman–Crippen MR) is 192 cm³/mol. The third-order valence-electron chi connectivity index (χ3n) is 10.3. The molecule has 52 heavy (non-hydrogen) atoms. The minimum Gasteiger partial charge on any atom is -0.465 e. The van der Waals surface area contributed by atoms with Crippen molar-refractivity contribution in [3.8, 4) is 0 Å². The molecule has 2 rings (SSSR count). The minimum absolute atomic E-state index is 0.116. The Morgan fingerprint density at radius 2 is 0.712 bits per heavy atom. The molecule has 12 nitrogen and oxygen atoms in total. The standard InChI is InChI=1S/C40H58O12/c1-11-39(19-47-33(41)25(3)4,20-48-34(42)26(5)6)23-51-37(45)31-17-18-32(30-16-14-13-15-29(30)31)38(46)52-24-40(12-2,21-49-35(43)27(7)8)22-50-36(44)28(9)10/h29-32H,3,5,7,9,11-24H2,1-2,4,6,8,10H3. The lowest BCUT2D eigenvalue weighted by molar-refractivity contribution is -0.173. The molecule has 0 N–H and O–H groups in total. The second-order valence-corrected chi connectivity index (χ2v) is 14.8. The molecule has 0 radical (unpaired) electrons. The summed E-state index contributed by atoms with van der Waals surface area (Å²) in [7, 11) is 0. The van der Waals surface area contributed by atoms with Crippen LogP contribution in [-0.2, 0) is 57.2 Å². The number of esters is 6. The van der Waals surface area contributed by atoms with Crippen LogP contribution in [0.4, 0.5) is 0 Å². The SMILES string of the molecule is C=C(C)C(=O)OCC(CC)(COC(=O)C(=C)C)COC(=O)C1CCC(C(=O)OCC(CC)(COC(=O)C(=C)C)COC(=O)C(=C)C)C2CCCCC12. The molecule has 12 heteroatoms. The zero-order valence-electron chi connectivity index (χ0n) is 31.9. The summed E-state index contributed by atoms with van der Waals surface area (Å²) in [4.78, 5) is 76.4. The van der Waals surface area contributed by atoms with E-state index in [2.05, 4.69) is 26.3 Å². The lowest BCUT2D eigenvalue weighted by Crippen LogP contribution is -2.46. The van der Waals surface area contributed by atoms with Crippen LogP contribution in [0, 0.1) is 34.5 Å². The van der Waals surface area contributed by atoms with Crippen molar-refractivity contribution in [3.63, 3.8) is 0 Å². The molecule has 0 aliphatic heterocycles. The molecule has 2 fully saturated rings. The van der Waals surface area contributed by atoms with E-state index in [1.807, 2.05) is 13.8 Å². The smallest absolute Gasteiger partial charge is 0.333 e. The van der Waals surface area contributed by atoms with E-state index in [-0.39, 0.29) is 73.8 Å². The molecule has 0 heterocycles. The summed E-state index contributed by atoms with van der Waals surface area (Å²) in [5.74, 6) is -4.42. The highest BCUT2D eigenvalue weighted by molar-refractivity contribution is 5.88. The van der Waals surface area contributed by atoms with Gasteiger partial charge in [0.15, 0.2) is 0 Å². The van der Waals surface area contributed by atoms with Gasteiger partial charge in [-0.2, -0.15) is 0 Å². The van der Waals surface area contributed by atoms with E-state index in [0.717, 1.165) is 25.7 Å². The lowest BCUT2D eigenvalue weighted by Gasteiger charge is -2.44. The van der Waals surface area contributed by atoms with Crippen LogP contribution >= 0.6 is 0 Å². The maximum Gasteiger partial charge on any atom is 0.333 e. The van der Waals surface area contributed by atoms with E-state index in [0.29, 0.717) is 25.7 Å². The highest BCUT2D eigenvalue weighted by atomic mass is 16.6. The van der Waals surface area contributed by atoms with Crippen LogP contribution in [0.15, 0.2) is 48.6 Å². The van der Waals surface area contributed by atoms with Gasteiger partial charge in [0, 0.05) is 22.3 Å².